The van der Waals surface area contributed by atoms with E-state index in [4.69, 9.17) is 4.74 Å². The van der Waals surface area contributed by atoms with Crippen LogP contribution in [0.1, 0.15) is 25.7 Å². The van der Waals surface area contributed by atoms with Crippen molar-refractivity contribution in [2.45, 2.75) is 37.9 Å². The SMILES string of the molecule is O=C1NCCCC1OC1CCNCC1. The van der Waals surface area contributed by atoms with Crippen LogP contribution in [0.25, 0.3) is 0 Å². The van der Waals surface area contributed by atoms with Crippen molar-refractivity contribution in [2.24, 2.45) is 0 Å². The highest BCUT2D eigenvalue weighted by atomic mass is 16.5. The van der Waals surface area contributed by atoms with Gasteiger partial charge in [-0.25, -0.2) is 0 Å². The van der Waals surface area contributed by atoms with Gasteiger partial charge in [-0.05, 0) is 38.8 Å². The van der Waals surface area contributed by atoms with Crippen LogP contribution in [-0.2, 0) is 9.53 Å². The Bertz CT molecular complexity index is 202. The lowest BCUT2D eigenvalue weighted by atomic mass is 10.1. The van der Waals surface area contributed by atoms with Crippen LogP contribution >= 0.6 is 0 Å². The van der Waals surface area contributed by atoms with E-state index in [9.17, 15) is 4.79 Å². The van der Waals surface area contributed by atoms with Crippen LogP contribution in [0.3, 0.4) is 0 Å². The van der Waals surface area contributed by atoms with Gasteiger partial charge in [0, 0.05) is 6.54 Å². The van der Waals surface area contributed by atoms with Crippen LogP contribution in [0.5, 0.6) is 0 Å². The molecule has 0 bridgehead atoms. The van der Waals surface area contributed by atoms with Crippen LogP contribution in [0.2, 0.25) is 0 Å². The molecule has 80 valence electrons. The van der Waals surface area contributed by atoms with Gasteiger partial charge in [0.2, 0.25) is 5.91 Å². The van der Waals surface area contributed by atoms with Gasteiger partial charge in [-0.1, -0.05) is 0 Å². The fraction of sp³-hybridized carbons (Fsp3) is 0.900. The molecule has 2 aliphatic heterocycles. The van der Waals surface area contributed by atoms with Gasteiger partial charge in [-0.15, -0.1) is 0 Å². The number of rotatable bonds is 2. The third-order valence-corrected chi connectivity index (χ3v) is 2.88. The Labute approximate surface area is 84.4 Å². The molecule has 0 aliphatic carbocycles. The quantitative estimate of drug-likeness (QED) is 0.658. The van der Waals surface area contributed by atoms with Crippen molar-refractivity contribution >= 4 is 5.91 Å². The van der Waals surface area contributed by atoms with Crippen molar-refractivity contribution in [1.29, 1.82) is 0 Å². The van der Waals surface area contributed by atoms with E-state index >= 15 is 0 Å². The van der Waals surface area contributed by atoms with Gasteiger partial charge in [0.1, 0.15) is 6.10 Å². The number of carbonyl (C=O) groups is 1. The highest BCUT2D eigenvalue weighted by Crippen LogP contribution is 2.15. The second-order valence-corrected chi connectivity index (χ2v) is 4.01. The lowest BCUT2D eigenvalue weighted by Gasteiger charge is -2.29. The normalized spacial score (nSPS) is 30.0. The summed E-state index contributed by atoms with van der Waals surface area (Å²) in [5.74, 6) is 0.0785. The summed E-state index contributed by atoms with van der Waals surface area (Å²) in [5, 5.41) is 6.12. The van der Waals surface area contributed by atoms with Gasteiger partial charge in [-0.3, -0.25) is 4.79 Å². The summed E-state index contributed by atoms with van der Waals surface area (Å²) in [5.41, 5.74) is 0. The van der Waals surface area contributed by atoms with Crippen molar-refractivity contribution in [1.82, 2.24) is 10.6 Å². The standard InChI is InChI=1S/C10H18N2O2/c13-10-9(2-1-5-12-10)14-8-3-6-11-7-4-8/h8-9,11H,1-7H2,(H,12,13). The average molecular weight is 198 g/mol. The van der Waals surface area contributed by atoms with Crippen molar-refractivity contribution < 1.29 is 9.53 Å². The molecule has 0 aromatic carbocycles. The molecule has 0 saturated carbocycles. The number of amides is 1. The van der Waals surface area contributed by atoms with Crippen LogP contribution in [-0.4, -0.2) is 37.7 Å². The number of piperidine rings is 2. The number of carbonyl (C=O) groups excluding carboxylic acids is 1. The summed E-state index contributed by atoms with van der Waals surface area (Å²) in [4.78, 5) is 11.4. The van der Waals surface area contributed by atoms with Gasteiger partial charge in [0.25, 0.3) is 0 Å². The van der Waals surface area contributed by atoms with Crippen LogP contribution in [0.15, 0.2) is 0 Å². The molecule has 2 fully saturated rings. The van der Waals surface area contributed by atoms with E-state index in [2.05, 4.69) is 10.6 Å². The zero-order valence-corrected chi connectivity index (χ0v) is 8.42. The molecule has 1 atom stereocenters. The Morgan fingerprint density at radius 2 is 1.93 bits per heavy atom. The molecule has 0 spiro atoms. The zero-order chi connectivity index (χ0) is 9.80. The van der Waals surface area contributed by atoms with Gasteiger partial charge >= 0.3 is 0 Å². The van der Waals surface area contributed by atoms with Crippen molar-refractivity contribution in [2.75, 3.05) is 19.6 Å². The molecule has 2 N–H and O–H groups in total. The first kappa shape index (κ1) is 9.93. The summed E-state index contributed by atoms with van der Waals surface area (Å²) < 4.78 is 5.79. The van der Waals surface area contributed by atoms with E-state index in [1.165, 1.54) is 0 Å². The summed E-state index contributed by atoms with van der Waals surface area (Å²) in [7, 11) is 0. The Kier molecular flexibility index (Phi) is 3.37. The molecule has 2 saturated heterocycles. The maximum absolute atomic E-state index is 11.4. The fourth-order valence-electron chi connectivity index (χ4n) is 2.04. The summed E-state index contributed by atoms with van der Waals surface area (Å²) in [6.07, 6.45) is 4.09. The Morgan fingerprint density at radius 3 is 2.64 bits per heavy atom. The second kappa shape index (κ2) is 4.75. The van der Waals surface area contributed by atoms with E-state index in [1.54, 1.807) is 0 Å². The number of nitrogens with one attached hydrogen (secondary N) is 2. The van der Waals surface area contributed by atoms with Crippen LogP contribution in [0.4, 0.5) is 0 Å². The molecule has 1 unspecified atom stereocenters. The van der Waals surface area contributed by atoms with E-state index in [1.807, 2.05) is 0 Å². The topological polar surface area (TPSA) is 50.4 Å². The van der Waals surface area contributed by atoms with E-state index in [-0.39, 0.29) is 18.1 Å². The first-order chi connectivity index (χ1) is 6.86. The van der Waals surface area contributed by atoms with Crippen molar-refractivity contribution in [3.05, 3.63) is 0 Å². The average Bonchev–Trinajstić information content (AvgIpc) is 2.23. The summed E-state index contributed by atoms with van der Waals surface area (Å²) >= 11 is 0. The van der Waals surface area contributed by atoms with Crippen LogP contribution in [0, 0.1) is 0 Å². The molecule has 1 amide bonds. The third-order valence-electron chi connectivity index (χ3n) is 2.88. The zero-order valence-electron chi connectivity index (χ0n) is 8.42. The van der Waals surface area contributed by atoms with E-state index in [0.29, 0.717) is 0 Å². The maximum Gasteiger partial charge on any atom is 0.249 e. The highest BCUT2D eigenvalue weighted by Gasteiger charge is 2.26. The number of hydrogen-bond acceptors (Lipinski definition) is 3. The van der Waals surface area contributed by atoms with E-state index in [0.717, 1.165) is 45.3 Å². The van der Waals surface area contributed by atoms with E-state index < -0.39 is 0 Å². The minimum atomic E-state index is -0.188. The van der Waals surface area contributed by atoms with Crippen molar-refractivity contribution in [3.8, 4) is 0 Å². The first-order valence-corrected chi connectivity index (χ1v) is 5.50. The monoisotopic (exact) mass is 198 g/mol. The van der Waals surface area contributed by atoms with Gasteiger partial charge in [0.15, 0.2) is 0 Å². The number of hydrogen-bond donors (Lipinski definition) is 2. The molecule has 4 nitrogen and oxygen atoms in total. The Balaban J connectivity index is 1.79. The summed E-state index contributed by atoms with van der Waals surface area (Å²) in [6.45, 7) is 2.84. The van der Waals surface area contributed by atoms with Crippen LogP contribution < -0.4 is 10.6 Å². The Morgan fingerprint density at radius 1 is 1.14 bits per heavy atom. The molecule has 0 aromatic heterocycles. The fourth-order valence-corrected chi connectivity index (χ4v) is 2.04. The molecular weight excluding hydrogens is 180 g/mol. The summed E-state index contributed by atoms with van der Waals surface area (Å²) in [6, 6.07) is 0. The van der Waals surface area contributed by atoms with Gasteiger partial charge < -0.3 is 15.4 Å². The maximum atomic E-state index is 11.4. The second-order valence-electron chi connectivity index (χ2n) is 4.01. The number of ether oxygens (including phenoxy) is 1. The molecule has 2 aliphatic rings. The molecule has 0 aromatic rings. The third kappa shape index (κ3) is 2.45. The largest absolute Gasteiger partial charge is 0.365 e. The molecule has 2 heterocycles. The predicted octanol–water partition coefficient (Wildman–Crippen LogP) is 0.0336. The van der Waals surface area contributed by atoms with Crippen molar-refractivity contribution in [3.63, 3.8) is 0 Å². The Hall–Kier alpha value is -0.610. The molecule has 14 heavy (non-hydrogen) atoms. The molecule has 0 radical (unpaired) electrons. The molecule has 4 heteroatoms. The molecular formula is C10H18N2O2. The lowest BCUT2D eigenvalue weighted by Crippen LogP contribution is -2.45. The highest BCUT2D eigenvalue weighted by molar-refractivity contribution is 5.81. The minimum Gasteiger partial charge on any atom is -0.365 e. The molecule has 2 rings (SSSR count). The lowest BCUT2D eigenvalue weighted by molar-refractivity contribution is -0.140. The first-order valence-electron chi connectivity index (χ1n) is 5.50. The van der Waals surface area contributed by atoms with Gasteiger partial charge in [-0.2, -0.15) is 0 Å². The smallest absolute Gasteiger partial charge is 0.249 e. The predicted molar refractivity (Wildman–Crippen MR) is 53.0 cm³/mol. The minimum absolute atomic E-state index is 0.0785. The van der Waals surface area contributed by atoms with Gasteiger partial charge in [0.05, 0.1) is 6.10 Å².